The molecule has 1 atom stereocenters. The number of hydrogen-bond donors (Lipinski definition) is 1. The van der Waals surface area contributed by atoms with E-state index in [1.165, 1.54) is 6.42 Å². The highest BCUT2D eigenvalue weighted by Gasteiger charge is 2.24. The first-order chi connectivity index (χ1) is 9.56. The zero-order valence-corrected chi connectivity index (χ0v) is 12.7. The van der Waals surface area contributed by atoms with Gasteiger partial charge in [-0.05, 0) is 43.9 Å². The van der Waals surface area contributed by atoms with Gasteiger partial charge in [0.05, 0.1) is 5.56 Å². The minimum absolute atomic E-state index is 0.121. The Labute approximate surface area is 121 Å². The number of aromatic nitrogens is 1. The molecule has 0 aromatic carbocycles. The fraction of sp³-hybridized carbons (Fsp3) is 0.625. The van der Waals surface area contributed by atoms with E-state index in [9.17, 15) is 4.79 Å². The molecule has 1 aromatic heterocycles. The van der Waals surface area contributed by atoms with Crippen molar-refractivity contribution in [1.82, 2.24) is 15.2 Å². The zero-order valence-electron chi connectivity index (χ0n) is 12.7. The highest BCUT2D eigenvalue weighted by molar-refractivity contribution is 5.94. The minimum atomic E-state index is 0.121. The van der Waals surface area contributed by atoms with Crippen LogP contribution in [0.2, 0.25) is 0 Å². The lowest BCUT2D eigenvalue weighted by molar-refractivity contribution is 0.0671. The molecule has 0 bridgehead atoms. The number of nitrogens with zero attached hydrogens (tertiary/aromatic N) is 2. The van der Waals surface area contributed by atoms with E-state index in [4.69, 9.17) is 0 Å². The van der Waals surface area contributed by atoms with Crippen LogP contribution < -0.4 is 5.32 Å². The third kappa shape index (κ3) is 4.04. The van der Waals surface area contributed by atoms with Crippen LogP contribution in [0, 0.1) is 12.8 Å². The number of rotatable bonds is 4. The second-order valence-corrected chi connectivity index (χ2v) is 6.07. The van der Waals surface area contributed by atoms with Crippen LogP contribution in [0.5, 0.6) is 0 Å². The molecule has 1 aromatic rings. The first-order valence-electron chi connectivity index (χ1n) is 7.50. The molecular weight excluding hydrogens is 250 g/mol. The van der Waals surface area contributed by atoms with Gasteiger partial charge in [0.2, 0.25) is 0 Å². The average Bonchev–Trinajstić information content (AvgIpc) is 2.44. The topological polar surface area (TPSA) is 45.2 Å². The van der Waals surface area contributed by atoms with Gasteiger partial charge in [0, 0.05) is 31.5 Å². The molecule has 0 radical (unpaired) electrons. The molecule has 0 aliphatic carbocycles. The van der Waals surface area contributed by atoms with Gasteiger partial charge >= 0.3 is 0 Å². The fourth-order valence-corrected chi connectivity index (χ4v) is 2.67. The van der Waals surface area contributed by atoms with Gasteiger partial charge in [-0.15, -0.1) is 0 Å². The van der Waals surface area contributed by atoms with Crippen LogP contribution in [0.15, 0.2) is 18.5 Å². The standard InChI is InChI=1S/C16H25N3O/c1-12(2)18-9-14-5-4-6-19(11-14)16(20)15-7-13(3)8-17-10-15/h7-8,10,12,14,18H,4-6,9,11H2,1-3H3. The number of nitrogens with one attached hydrogen (secondary N) is 1. The Morgan fingerprint density at radius 1 is 1.50 bits per heavy atom. The molecule has 0 saturated carbocycles. The van der Waals surface area contributed by atoms with Crippen LogP contribution in [0.4, 0.5) is 0 Å². The van der Waals surface area contributed by atoms with Crippen LogP contribution >= 0.6 is 0 Å². The van der Waals surface area contributed by atoms with Gasteiger partial charge in [0.25, 0.3) is 5.91 Å². The summed E-state index contributed by atoms with van der Waals surface area (Å²) in [7, 11) is 0. The van der Waals surface area contributed by atoms with Crippen molar-refractivity contribution in [3.05, 3.63) is 29.6 Å². The number of amides is 1. The molecule has 1 saturated heterocycles. The highest BCUT2D eigenvalue weighted by Crippen LogP contribution is 2.18. The molecule has 1 N–H and O–H groups in total. The number of hydrogen-bond acceptors (Lipinski definition) is 3. The molecule has 20 heavy (non-hydrogen) atoms. The average molecular weight is 275 g/mol. The van der Waals surface area contributed by atoms with Crippen LogP contribution in [0.1, 0.15) is 42.6 Å². The maximum absolute atomic E-state index is 12.5. The third-order valence-electron chi connectivity index (χ3n) is 3.74. The van der Waals surface area contributed by atoms with Gasteiger partial charge in [-0.1, -0.05) is 13.8 Å². The normalized spacial score (nSPS) is 19.4. The molecule has 110 valence electrons. The SMILES string of the molecule is Cc1cncc(C(=O)N2CCCC(CNC(C)C)C2)c1. The van der Waals surface area contributed by atoms with Gasteiger partial charge in [0.15, 0.2) is 0 Å². The van der Waals surface area contributed by atoms with Gasteiger partial charge in [-0.3, -0.25) is 9.78 Å². The van der Waals surface area contributed by atoms with E-state index in [-0.39, 0.29) is 5.91 Å². The summed E-state index contributed by atoms with van der Waals surface area (Å²) in [5.74, 6) is 0.684. The van der Waals surface area contributed by atoms with Gasteiger partial charge in [-0.2, -0.15) is 0 Å². The zero-order chi connectivity index (χ0) is 14.5. The molecule has 1 unspecified atom stereocenters. The Morgan fingerprint density at radius 3 is 3.00 bits per heavy atom. The quantitative estimate of drug-likeness (QED) is 0.916. The second kappa shape index (κ2) is 6.84. The summed E-state index contributed by atoms with van der Waals surface area (Å²) >= 11 is 0. The van der Waals surface area contributed by atoms with Crippen molar-refractivity contribution in [1.29, 1.82) is 0 Å². The molecule has 2 rings (SSSR count). The highest BCUT2D eigenvalue weighted by atomic mass is 16.2. The summed E-state index contributed by atoms with van der Waals surface area (Å²) in [6.45, 7) is 8.99. The van der Waals surface area contributed by atoms with E-state index in [2.05, 4.69) is 24.1 Å². The lowest BCUT2D eigenvalue weighted by atomic mass is 9.97. The van der Waals surface area contributed by atoms with E-state index >= 15 is 0 Å². The van der Waals surface area contributed by atoms with E-state index in [0.29, 0.717) is 17.5 Å². The van der Waals surface area contributed by atoms with Gasteiger partial charge in [0.1, 0.15) is 0 Å². The summed E-state index contributed by atoms with van der Waals surface area (Å²) in [6, 6.07) is 2.42. The molecule has 1 aliphatic heterocycles. The van der Waals surface area contributed by atoms with Crippen molar-refractivity contribution in [2.24, 2.45) is 5.92 Å². The Bertz CT molecular complexity index is 459. The van der Waals surface area contributed by atoms with E-state index in [1.807, 2.05) is 17.9 Å². The maximum Gasteiger partial charge on any atom is 0.255 e. The van der Waals surface area contributed by atoms with Gasteiger partial charge < -0.3 is 10.2 Å². The Kier molecular flexibility index (Phi) is 5.12. The molecule has 1 fully saturated rings. The van der Waals surface area contributed by atoms with Crippen LogP contribution in [-0.4, -0.2) is 41.5 Å². The summed E-state index contributed by atoms with van der Waals surface area (Å²) < 4.78 is 0. The third-order valence-corrected chi connectivity index (χ3v) is 3.74. The minimum Gasteiger partial charge on any atom is -0.338 e. The smallest absolute Gasteiger partial charge is 0.255 e. The molecule has 4 heteroatoms. The predicted octanol–water partition coefficient (Wildman–Crippen LogP) is 2.24. The summed E-state index contributed by atoms with van der Waals surface area (Å²) in [4.78, 5) is 18.6. The molecule has 0 spiro atoms. The molecular formula is C16H25N3O. The van der Waals surface area contributed by atoms with E-state index in [1.54, 1.807) is 12.4 Å². The van der Waals surface area contributed by atoms with E-state index < -0.39 is 0 Å². The number of aryl methyl sites for hydroxylation is 1. The number of piperidine rings is 1. The van der Waals surface area contributed by atoms with Crippen LogP contribution in [-0.2, 0) is 0 Å². The lowest BCUT2D eigenvalue weighted by Gasteiger charge is -2.33. The predicted molar refractivity (Wildman–Crippen MR) is 80.7 cm³/mol. The van der Waals surface area contributed by atoms with Crippen molar-refractivity contribution in [3.8, 4) is 0 Å². The van der Waals surface area contributed by atoms with Gasteiger partial charge in [-0.25, -0.2) is 0 Å². The summed E-state index contributed by atoms with van der Waals surface area (Å²) in [6.07, 6.45) is 5.75. The Hall–Kier alpha value is -1.42. The van der Waals surface area contributed by atoms with Crippen molar-refractivity contribution in [3.63, 3.8) is 0 Å². The lowest BCUT2D eigenvalue weighted by Crippen LogP contribution is -2.43. The Balaban J connectivity index is 1.96. The molecule has 1 amide bonds. The Morgan fingerprint density at radius 2 is 2.30 bits per heavy atom. The van der Waals surface area contributed by atoms with Crippen molar-refractivity contribution in [2.45, 2.75) is 39.7 Å². The largest absolute Gasteiger partial charge is 0.338 e. The first-order valence-corrected chi connectivity index (χ1v) is 7.50. The number of carbonyl (C=O) groups is 1. The summed E-state index contributed by atoms with van der Waals surface area (Å²) in [5.41, 5.74) is 1.74. The number of carbonyl (C=O) groups excluding carboxylic acids is 1. The monoisotopic (exact) mass is 275 g/mol. The second-order valence-electron chi connectivity index (χ2n) is 6.07. The molecule has 2 heterocycles. The van der Waals surface area contributed by atoms with E-state index in [0.717, 1.165) is 31.6 Å². The molecule has 4 nitrogen and oxygen atoms in total. The maximum atomic E-state index is 12.5. The number of pyridine rings is 1. The molecule has 1 aliphatic rings. The van der Waals surface area contributed by atoms with Crippen molar-refractivity contribution < 1.29 is 4.79 Å². The first kappa shape index (κ1) is 15.0. The van der Waals surface area contributed by atoms with Crippen LogP contribution in [0.3, 0.4) is 0 Å². The van der Waals surface area contributed by atoms with Crippen LogP contribution in [0.25, 0.3) is 0 Å². The fourth-order valence-electron chi connectivity index (χ4n) is 2.67. The van der Waals surface area contributed by atoms with Crippen molar-refractivity contribution >= 4 is 5.91 Å². The van der Waals surface area contributed by atoms with Crippen molar-refractivity contribution in [2.75, 3.05) is 19.6 Å². The summed E-state index contributed by atoms with van der Waals surface area (Å²) in [5, 5.41) is 3.47. The number of likely N-dealkylation sites (tertiary alicyclic amines) is 1.